The minimum absolute atomic E-state index is 0.0254. The van der Waals surface area contributed by atoms with E-state index >= 15 is 0 Å². The lowest BCUT2D eigenvalue weighted by Crippen LogP contribution is -2.08. The van der Waals surface area contributed by atoms with Gasteiger partial charge in [-0.25, -0.2) is 9.37 Å². The molecule has 0 aliphatic carbocycles. The molecule has 0 spiro atoms. The number of aromatic nitrogens is 2. The number of ketones is 1. The predicted molar refractivity (Wildman–Crippen MR) is 76.9 cm³/mol. The van der Waals surface area contributed by atoms with E-state index in [4.69, 9.17) is 11.6 Å². The molecule has 0 saturated carbocycles. The Labute approximate surface area is 123 Å². The second-order valence-electron chi connectivity index (χ2n) is 4.43. The molecule has 0 saturated heterocycles. The first kappa shape index (κ1) is 13.3. The van der Waals surface area contributed by atoms with E-state index in [0.717, 1.165) is 4.96 Å². The van der Waals surface area contributed by atoms with Gasteiger partial charge in [0, 0.05) is 24.2 Å². The summed E-state index contributed by atoms with van der Waals surface area (Å²) in [6, 6.07) is 4.68. The van der Waals surface area contributed by atoms with Crippen molar-refractivity contribution in [2.45, 2.75) is 12.8 Å². The number of nitrogens with zero attached hydrogens (tertiary/aromatic N) is 2. The zero-order valence-corrected chi connectivity index (χ0v) is 11.9. The van der Waals surface area contributed by atoms with Gasteiger partial charge < -0.3 is 0 Å². The van der Waals surface area contributed by atoms with Crippen molar-refractivity contribution >= 4 is 33.7 Å². The smallest absolute Gasteiger partial charge is 0.193 e. The molecule has 0 fully saturated rings. The van der Waals surface area contributed by atoms with E-state index in [1.54, 1.807) is 12.1 Å². The van der Waals surface area contributed by atoms with E-state index in [1.807, 2.05) is 22.2 Å². The molecule has 0 radical (unpaired) electrons. The van der Waals surface area contributed by atoms with Gasteiger partial charge in [-0.3, -0.25) is 9.20 Å². The molecule has 1 aromatic carbocycles. The zero-order valence-electron chi connectivity index (χ0n) is 10.3. The van der Waals surface area contributed by atoms with Crippen molar-refractivity contribution in [2.75, 3.05) is 0 Å². The maximum atomic E-state index is 13.7. The number of carbonyl (C=O) groups excluding carboxylic acids is 1. The van der Waals surface area contributed by atoms with Gasteiger partial charge in [-0.1, -0.05) is 23.7 Å². The number of benzene rings is 1. The SMILES string of the molecule is O=C(Cc1cn2ccsc2n1)Cc1cccc(Cl)c1F. The first-order chi connectivity index (χ1) is 9.63. The Kier molecular flexibility index (Phi) is 3.54. The molecule has 3 aromatic rings. The van der Waals surface area contributed by atoms with E-state index in [-0.39, 0.29) is 23.6 Å². The number of hydrogen-bond donors (Lipinski definition) is 0. The lowest BCUT2D eigenvalue weighted by atomic mass is 10.1. The van der Waals surface area contributed by atoms with Crippen molar-refractivity contribution < 1.29 is 9.18 Å². The third-order valence-electron chi connectivity index (χ3n) is 2.94. The van der Waals surface area contributed by atoms with Crippen molar-refractivity contribution in [3.05, 3.63) is 58.1 Å². The van der Waals surface area contributed by atoms with E-state index in [1.165, 1.54) is 17.4 Å². The average molecular weight is 309 g/mol. The van der Waals surface area contributed by atoms with E-state index < -0.39 is 5.82 Å². The maximum absolute atomic E-state index is 13.7. The van der Waals surface area contributed by atoms with Gasteiger partial charge >= 0.3 is 0 Å². The molecule has 2 heterocycles. The van der Waals surface area contributed by atoms with Gasteiger partial charge in [0.05, 0.1) is 17.1 Å². The number of thiazole rings is 1. The molecule has 3 nitrogen and oxygen atoms in total. The second-order valence-corrected chi connectivity index (χ2v) is 5.71. The molecule has 0 N–H and O–H groups in total. The van der Waals surface area contributed by atoms with Gasteiger partial charge in [0.2, 0.25) is 0 Å². The minimum atomic E-state index is -0.520. The number of rotatable bonds is 4. The Balaban J connectivity index is 1.73. The molecule has 3 rings (SSSR count). The highest BCUT2D eigenvalue weighted by Gasteiger charge is 2.13. The summed E-state index contributed by atoms with van der Waals surface area (Å²) in [7, 11) is 0. The van der Waals surface area contributed by atoms with Gasteiger partial charge in [0.1, 0.15) is 11.6 Å². The zero-order chi connectivity index (χ0) is 14.1. The molecule has 20 heavy (non-hydrogen) atoms. The molecule has 0 unspecified atom stereocenters. The highest BCUT2D eigenvalue weighted by molar-refractivity contribution is 7.15. The molecule has 0 atom stereocenters. The molecular formula is C14H10ClFN2OS. The first-order valence-corrected chi connectivity index (χ1v) is 7.25. The van der Waals surface area contributed by atoms with Crippen LogP contribution >= 0.6 is 22.9 Å². The van der Waals surface area contributed by atoms with E-state index in [0.29, 0.717) is 11.3 Å². The largest absolute Gasteiger partial charge is 0.299 e. The fourth-order valence-corrected chi connectivity index (χ4v) is 2.94. The fourth-order valence-electron chi connectivity index (χ4n) is 2.02. The third-order valence-corrected chi connectivity index (χ3v) is 4.00. The van der Waals surface area contributed by atoms with Crippen LogP contribution in [0, 0.1) is 5.82 Å². The summed E-state index contributed by atoms with van der Waals surface area (Å²) in [4.78, 5) is 17.2. The van der Waals surface area contributed by atoms with Gasteiger partial charge in [0.15, 0.2) is 4.96 Å². The molecule has 6 heteroatoms. The monoisotopic (exact) mass is 308 g/mol. The molecular weight excluding hydrogens is 299 g/mol. The molecule has 102 valence electrons. The number of hydrogen-bond acceptors (Lipinski definition) is 3. The normalized spacial score (nSPS) is 11.1. The van der Waals surface area contributed by atoms with Crippen molar-refractivity contribution in [2.24, 2.45) is 0 Å². The Morgan fingerprint density at radius 1 is 1.40 bits per heavy atom. The van der Waals surface area contributed by atoms with Crippen LogP contribution in [0.2, 0.25) is 5.02 Å². The summed E-state index contributed by atoms with van der Waals surface area (Å²) in [6.45, 7) is 0. The van der Waals surface area contributed by atoms with Crippen LogP contribution in [-0.4, -0.2) is 15.2 Å². The maximum Gasteiger partial charge on any atom is 0.193 e. The average Bonchev–Trinajstić information content (AvgIpc) is 2.95. The molecule has 0 amide bonds. The number of Topliss-reactive ketones (excluding diaryl/α,β-unsaturated/α-hetero) is 1. The standard InChI is InChI=1S/C14H10ClFN2OS/c15-12-3-1-2-9(13(12)16)6-11(19)7-10-8-18-4-5-20-14(18)17-10/h1-5,8H,6-7H2. The van der Waals surface area contributed by atoms with Crippen molar-refractivity contribution in [1.82, 2.24) is 9.38 Å². The number of halogens is 2. The summed E-state index contributed by atoms with van der Waals surface area (Å²) in [6.07, 6.45) is 3.92. The first-order valence-electron chi connectivity index (χ1n) is 5.99. The molecule has 0 bridgehead atoms. The van der Waals surface area contributed by atoms with Crippen LogP contribution in [0.1, 0.15) is 11.3 Å². The number of imidazole rings is 1. The second kappa shape index (κ2) is 5.34. The van der Waals surface area contributed by atoms with Crippen molar-refractivity contribution in [1.29, 1.82) is 0 Å². The molecule has 0 aliphatic rings. The molecule has 0 aliphatic heterocycles. The van der Waals surface area contributed by atoms with Gasteiger partial charge in [-0.05, 0) is 11.6 Å². The van der Waals surface area contributed by atoms with Crippen LogP contribution < -0.4 is 0 Å². The Morgan fingerprint density at radius 3 is 3.05 bits per heavy atom. The van der Waals surface area contributed by atoms with E-state index in [2.05, 4.69) is 4.98 Å². The van der Waals surface area contributed by atoms with Gasteiger partial charge in [-0.2, -0.15) is 0 Å². The summed E-state index contributed by atoms with van der Waals surface area (Å²) in [5.74, 6) is -0.606. The Hall–Kier alpha value is -1.72. The lowest BCUT2D eigenvalue weighted by Gasteiger charge is -2.03. The van der Waals surface area contributed by atoms with Gasteiger partial charge in [0.25, 0.3) is 0 Å². The summed E-state index contributed by atoms with van der Waals surface area (Å²) >= 11 is 7.20. The van der Waals surface area contributed by atoms with Crippen molar-refractivity contribution in [3.63, 3.8) is 0 Å². The van der Waals surface area contributed by atoms with Crippen LogP contribution in [-0.2, 0) is 17.6 Å². The van der Waals surface area contributed by atoms with Crippen LogP contribution in [0.25, 0.3) is 4.96 Å². The fraction of sp³-hybridized carbons (Fsp3) is 0.143. The van der Waals surface area contributed by atoms with Gasteiger partial charge in [-0.15, -0.1) is 11.3 Å². The van der Waals surface area contributed by atoms with Crippen LogP contribution in [0.4, 0.5) is 4.39 Å². The number of carbonyl (C=O) groups is 1. The number of fused-ring (bicyclic) bond motifs is 1. The third kappa shape index (κ3) is 2.59. The van der Waals surface area contributed by atoms with Crippen LogP contribution in [0.5, 0.6) is 0 Å². The van der Waals surface area contributed by atoms with Crippen LogP contribution in [0.15, 0.2) is 36.0 Å². The summed E-state index contributed by atoms with van der Waals surface area (Å²) in [5.41, 5.74) is 1.02. The topological polar surface area (TPSA) is 34.4 Å². The summed E-state index contributed by atoms with van der Waals surface area (Å²) in [5, 5.41) is 1.97. The van der Waals surface area contributed by atoms with E-state index in [9.17, 15) is 9.18 Å². The molecule has 2 aromatic heterocycles. The minimum Gasteiger partial charge on any atom is -0.299 e. The summed E-state index contributed by atoms with van der Waals surface area (Å²) < 4.78 is 15.6. The van der Waals surface area contributed by atoms with Crippen molar-refractivity contribution in [3.8, 4) is 0 Å². The van der Waals surface area contributed by atoms with Crippen LogP contribution in [0.3, 0.4) is 0 Å². The predicted octanol–water partition coefficient (Wildman–Crippen LogP) is 3.54. The Morgan fingerprint density at radius 2 is 2.25 bits per heavy atom. The quantitative estimate of drug-likeness (QED) is 0.739. The lowest BCUT2D eigenvalue weighted by molar-refractivity contribution is -0.117. The highest BCUT2D eigenvalue weighted by atomic mass is 35.5. The Bertz CT molecular complexity index is 752. The highest BCUT2D eigenvalue weighted by Crippen LogP contribution is 2.19.